The van der Waals surface area contributed by atoms with E-state index in [0.717, 1.165) is 0 Å². The average Bonchev–Trinajstić information content (AvgIpc) is 2.52. The van der Waals surface area contributed by atoms with Crippen molar-refractivity contribution >= 4 is 37.2 Å². The quantitative estimate of drug-likeness (QED) is 0.236. The summed E-state index contributed by atoms with van der Waals surface area (Å²) in [5.74, 6) is 0.420. The predicted octanol–water partition coefficient (Wildman–Crippen LogP) is 0.762. The van der Waals surface area contributed by atoms with Crippen LogP contribution in [0.25, 0.3) is 0 Å². The molecule has 0 aromatic heterocycles. The van der Waals surface area contributed by atoms with Gasteiger partial charge in [0.2, 0.25) is 0 Å². The van der Waals surface area contributed by atoms with Crippen LogP contribution in [0, 0.1) is 0 Å². The molecule has 0 atom stereocenters. The summed E-state index contributed by atoms with van der Waals surface area (Å²) in [6.07, 6.45) is 0.612. The van der Waals surface area contributed by atoms with Crippen molar-refractivity contribution in [1.82, 2.24) is 0 Å². The third-order valence-corrected chi connectivity index (χ3v) is 2.80. The maximum absolute atomic E-state index is 11.0. The molecular weight excluding hydrogens is 344 g/mol. The zero-order chi connectivity index (χ0) is 17.2. The standard InChI is InChI=1S/C14H26O7S2/c15-13(1-11-22)20-9-7-18-5-3-17-4-6-19-8-10-21-14(16)2-12-23/h22-23H,1-12H2. The Hall–Kier alpha value is -0.480. The number of hydrogen-bond donors (Lipinski definition) is 2. The third-order valence-electron chi connectivity index (χ3n) is 2.36. The van der Waals surface area contributed by atoms with Gasteiger partial charge in [-0.2, -0.15) is 25.3 Å². The molecule has 0 heterocycles. The molecule has 9 heteroatoms. The fraction of sp³-hybridized carbons (Fsp3) is 0.857. The van der Waals surface area contributed by atoms with Gasteiger partial charge in [0.05, 0.1) is 52.5 Å². The highest BCUT2D eigenvalue weighted by atomic mass is 32.1. The van der Waals surface area contributed by atoms with E-state index in [1.54, 1.807) is 0 Å². The number of esters is 2. The molecule has 0 bridgehead atoms. The number of thiol groups is 2. The first-order chi connectivity index (χ1) is 11.2. The lowest BCUT2D eigenvalue weighted by molar-refractivity contribution is -0.145. The van der Waals surface area contributed by atoms with Crippen LogP contribution < -0.4 is 0 Å². The molecule has 0 saturated carbocycles. The minimum Gasteiger partial charge on any atom is -0.463 e. The fourth-order valence-electron chi connectivity index (χ4n) is 1.30. The number of rotatable bonds is 16. The van der Waals surface area contributed by atoms with Crippen molar-refractivity contribution in [3.8, 4) is 0 Å². The summed E-state index contributed by atoms with van der Waals surface area (Å²) < 4.78 is 25.5. The van der Waals surface area contributed by atoms with E-state index in [0.29, 0.717) is 64.0 Å². The largest absolute Gasteiger partial charge is 0.463 e. The average molecular weight is 370 g/mol. The SMILES string of the molecule is O=C(CCS)OCCOCCOCCOCCOC(=O)CCS. The third kappa shape index (κ3) is 17.7. The second-order valence-corrected chi connectivity index (χ2v) is 5.12. The second kappa shape index (κ2) is 17.9. The summed E-state index contributed by atoms with van der Waals surface area (Å²) in [7, 11) is 0. The highest BCUT2D eigenvalue weighted by Crippen LogP contribution is 1.90. The van der Waals surface area contributed by atoms with Crippen molar-refractivity contribution < 1.29 is 33.3 Å². The van der Waals surface area contributed by atoms with E-state index in [-0.39, 0.29) is 25.2 Å². The van der Waals surface area contributed by atoms with Gasteiger partial charge in [-0.25, -0.2) is 0 Å². The van der Waals surface area contributed by atoms with E-state index in [1.165, 1.54) is 0 Å². The molecule has 23 heavy (non-hydrogen) atoms. The normalized spacial score (nSPS) is 10.5. The molecule has 0 unspecified atom stereocenters. The van der Waals surface area contributed by atoms with Crippen LogP contribution in [0.5, 0.6) is 0 Å². The van der Waals surface area contributed by atoms with Crippen molar-refractivity contribution in [3.05, 3.63) is 0 Å². The van der Waals surface area contributed by atoms with Gasteiger partial charge in [0.25, 0.3) is 0 Å². The van der Waals surface area contributed by atoms with E-state index in [9.17, 15) is 9.59 Å². The van der Waals surface area contributed by atoms with Gasteiger partial charge in [-0.1, -0.05) is 0 Å². The number of carbonyl (C=O) groups is 2. The van der Waals surface area contributed by atoms with Crippen LogP contribution in [-0.4, -0.2) is 76.3 Å². The molecule has 0 radical (unpaired) electrons. The molecule has 0 spiro atoms. The maximum atomic E-state index is 11.0. The van der Waals surface area contributed by atoms with Crippen molar-refractivity contribution in [2.75, 3.05) is 64.4 Å². The van der Waals surface area contributed by atoms with Crippen LogP contribution in [0.3, 0.4) is 0 Å². The topological polar surface area (TPSA) is 80.3 Å². The van der Waals surface area contributed by atoms with Crippen molar-refractivity contribution in [2.24, 2.45) is 0 Å². The summed E-state index contributed by atoms with van der Waals surface area (Å²) in [5.41, 5.74) is 0. The Morgan fingerprint density at radius 1 is 0.565 bits per heavy atom. The van der Waals surface area contributed by atoms with Crippen LogP contribution in [-0.2, 0) is 33.3 Å². The van der Waals surface area contributed by atoms with Crippen molar-refractivity contribution in [2.45, 2.75) is 12.8 Å². The molecule has 136 valence electrons. The molecule has 0 aromatic carbocycles. The summed E-state index contributed by atoms with van der Waals surface area (Å²) >= 11 is 7.86. The lowest BCUT2D eigenvalue weighted by Crippen LogP contribution is -2.15. The zero-order valence-electron chi connectivity index (χ0n) is 13.2. The van der Waals surface area contributed by atoms with Gasteiger partial charge in [-0.05, 0) is 0 Å². The number of ether oxygens (including phenoxy) is 5. The molecule has 0 aromatic rings. The first-order valence-corrected chi connectivity index (χ1v) is 8.73. The Morgan fingerprint density at radius 2 is 0.870 bits per heavy atom. The van der Waals surface area contributed by atoms with Gasteiger partial charge < -0.3 is 23.7 Å². The molecule has 0 rings (SSSR count). The summed E-state index contributed by atoms with van der Waals surface area (Å²) in [6.45, 7) is 2.88. The van der Waals surface area contributed by atoms with E-state index < -0.39 is 0 Å². The lowest BCUT2D eigenvalue weighted by Gasteiger charge is -2.07. The van der Waals surface area contributed by atoms with Crippen LogP contribution in [0.1, 0.15) is 12.8 Å². The van der Waals surface area contributed by atoms with Crippen LogP contribution >= 0.6 is 25.3 Å². The number of hydrogen-bond acceptors (Lipinski definition) is 9. The van der Waals surface area contributed by atoms with Crippen molar-refractivity contribution in [1.29, 1.82) is 0 Å². The minimum atomic E-state index is -0.270. The van der Waals surface area contributed by atoms with Crippen LogP contribution in [0.2, 0.25) is 0 Å². The summed E-state index contributed by atoms with van der Waals surface area (Å²) in [4.78, 5) is 22.0. The predicted molar refractivity (Wildman–Crippen MR) is 91.3 cm³/mol. The second-order valence-electron chi connectivity index (χ2n) is 4.23. The van der Waals surface area contributed by atoms with Gasteiger partial charge in [0.15, 0.2) is 0 Å². The van der Waals surface area contributed by atoms with Gasteiger partial charge in [-0.15, -0.1) is 0 Å². The van der Waals surface area contributed by atoms with Crippen molar-refractivity contribution in [3.63, 3.8) is 0 Å². The Kier molecular flexibility index (Phi) is 17.5. The molecule has 0 fully saturated rings. The highest BCUT2D eigenvalue weighted by molar-refractivity contribution is 7.80. The van der Waals surface area contributed by atoms with Gasteiger partial charge in [0, 0.05) is 11.5 Å². The molecule has 0 aliphatic rings. The van der Waals surface area contributed by atoms with E-state index in [2.05, 4.69) is 25.3 Å². The molecular formula is C14H26O7S2. The highest BCUT2D eigenvalue weighted by Gasteiger charge is 2.01. The molecule has 0 saturated heterocycles. The Bertz CT molecular complexity index is 275. The van der Waals surface area contributed by atoms with E-state index in [1.807, 2.05) is 0 Å². The van der Waals surface area contributed by atoms with Crippen LogP contribution in [0.15, 0.2) is 0 Å². The van der Waals surface area contributed by atoms with Gasteiger partial charge >= 0.3 is 11.9 Å². The number of carbonyl (C=O) groups excluding carboxylic acids is 2. The van der Waals surface area contributed by atoms with Crippen LogP contribution in [0.4, 0.5) is 0 Å². The van der Waals surface area contributed by atoms with Gasteiger partial charge in [-0.3, -0.25) is 9.59 Å². The maximum Gasteiger partial charge on any atom is 0.306 e. The first kappa shape index (κ1) is 22.5. The zero-order valence-corrected chi connectivity index (χ0v) is 15.0. The molecule has 7 nitrogen and oxygen atoms in total. The molecule has 0 aliphatic carbocycles. The Labute approximate surface area is 148 Å². The Morgan fingerprint density at radius 3 is 1.17 bits per heavy atom. The molecule has 0 amide bonds. The van der Waals surface area contributed by atoms with E-state index in [4.69, 9.17) is 23.7 Å². The summed E-state index contributed by atoms with van der Waals surface area (Å²) in [6, 6.07) is 0. The minimum absolute atomic E-state index is 0.238. The fourth-order valence-corrected chi connectivity index (χ4v) is 1.66. The summed E-state index contributed by atoms with van der Waals surface area (Å²) in [5, 5.41) is 0. The monoisotopic (exact) mass is 370 g/mol. The first-order valence-electron chi connectivity index (χ1n) is 7.47. The smallest absolute Gasteiger partial charge is 0.306 e. The molecule has 0 aliphatic heterocycles. The molecule has 0 N–H and O–H groups in total. The van der Waals surface area contributed by atoms with Gasteiger partial charge in [0.1, 0.15) is 13.2 Å². The Balaban J connectivity index is 3.11. The lowest BCUT2D eigenvalue weighted by atomic mass is 10.5. The van der Waals surface area contributed by atoms with E-state index >= 15 is 0 Å².